The van der Waals surface area contributed by atoms with Crippen LogP contribution >= 0.6 is 27.5 Å². The predicted molar refractivity (Wildman–Crippen MR) is 56.9 cm³/mol. The summed E-state index contributed by atoms with van der Waals surface area (Å²) < 4.78 is 26.6. The molecule has 1 nitrogen and oxygen atoms in total. The Morgan fingerprint density at radius 2 is 2.07 bits per heavy atom. The topological polar surface area (TPSA) is 26.0 Å². The molecule has 78 valence electrons. The second-order valence-corrected chi connectivity index (χ2v) is 4.20. The van der Waals surface area contributed by atoms with Gasteiger partial charge in [0.1, 0.15) is 0 Å². The number of rotatable bonds is 3. The Balaban J connectivity index is 2.97. The van der Waals surface area contributed by atoms with E-state index < -0.39 is 18.9 Å². The fourth-order valence-corrected chi connectivity index (χ4v) is 1.89. The first kappa shape index (κ1) is 11.9. The first-order valence-corrected chi connectivity index (χ1v) is 5.14. The Hall–Kier alpha value is -0.190. The molecular formula is C9H9BrClF2N. The number of halogens is 4. The molecule has 0 aliphatic heterocycles. The molecule has 0 aromatic heterocycles. The van der Waals surface area contributed by atoms with Gasteiger partial charge in [0, 0.05) is 15.9 Å². The van der Waals surface area contributed by atoms with Crippen LogP contribution in [-0.2, 0) is 6.42 Å². The average molecular weight is 285 g/mol. The molecule has 0 amide bonds. The molecular weight excluding hydrogens is 275 g/mol. The highest BCUT2D eigenvalue weighted by Crippen LogP contribution is 2.30. The highest BCUT2D eigenvalue weighted by atomic mass is 79.9. The van der Waals surface area contributed by atoms with Crippen molar-refractivity contribution >= 4 is 27.5 Å². The molecule has 2 N–H and O–H groups in total. The minimum Gasteiger partial charge on any atom is -0.325 e. The molecule has 0 bridgehead atoms. The van der Waals surface area contributed by atoms with Gasteiger partial charge < -0.3 is 5.73 Å². The Labute approximate surface area is 94.4 Å². The maximum atomic E-state index is 13.0. The minimum atomic E-state index is -2.91. The van der Waals surface area contributed by atoms with E-state index in [2.05, 4.69) is 15.9 Å². The van der Waals surface area contributed by atoms with Crippen LogP contribution < -0.4 is 5.73 Å². The maximum Gasteiger partial charge on any atom is 0.264 e. The van der Waals surface area contributed by atoms with E-state index in [1.165, 1.54) is 0 Å². The monoisotopic (exact) mass is 283 g/mol. The lowest BCUT2D eigenvalue weighted by Gasteiger charge is -2.15. The van der Waals surface area contributed by atoms with Gasteiger partial charge in [-0.3, -0.25) is 0 Å². The zero-order valence-corrected chi connectivity index (χ0v) is 9.58. The summed E-state index contributed by atoms with van der Waals surface area (Å²) >= 11 is 8.96. The van der Waals surface area contributed by atoms with Gasteiger partial charge in [-0.25, -0.2) is 8.78 Å². The molecule has 14 heavy (non-hydrogen) atoms. The van der Waals surface area contributed by atoms with Crippen molar-refractivity contribution in [2.75, 3.05) is 6.54 Å². The molecule has 0 aliphatic carbocycles. The largest absolute Gasteiger partial charge is 0.325 e. The second kappa shape index (κ2) is 4.55. The van der Waals surface area contributed by atoms with Gasteiger partial charge in [0.25, 0.3) is 5.92 Å². The third-order valence-corrected chi connectivity index (χ3v) is 2.89. The fourth-order valence-electron chi connectivity index (χ4n) is 1.03. The molecule has 5 heteroatoms. The van der Waals surface area contributed by atoms with Crippen molar-refractivity contribution in [1.82, 2.24) is 0 Å². The van der Waals surface area contributed by atoms with Crippen LogP contribution in [0.15, 0.2) is 22.7 Å². The first-order valence-electron chi connectivity index (χ1n) is 3.97. The van der Waals surface area contributed by atoms with E-state index in [-0.39, 0.29) is 0 Å². The molecule has 0 saturated heterocycles. The quantitative estimate of drug-likeness (QED) is 0.906. The fraction of sp³-hybridized carbons (Fsp3) is 0.333. The van der Waals surface area contributed by atoms with Gasteiger partial charge in [0.15, 0.2) is 0 Å². The lowest BCUT2D eigenvalue weighted by Crippen LogP contribution is -2.30. The van der Waals surface area contributed by atoms with Gasteiger partial charge in [-0.15, -0.1) is 0 Å². The molecule has 0 fully saturated rings. The molecule has 0 atom stereocenters. The lowest BCUT2D eigenvalue weighted by molar-refractivity contribution is 0.0113. The molecule has 0 radical (unpaired) electrons. The standard InChI is InChI=1S/C9H9BrClF2N/c10-7-2-1-3-8(11)6(7)4-9(12,13)5-14/h1-3H,4-5,14H2. The minimum absolute atomic E-state index is 0.326. The summed E-state index contributed by atoms with van der Waals surface area (Å²) in [6.45, 7) is -0.676. The Bertz CT molecular complexity index is 310. The molecule has 0 aliphatic rings. The molecule has 0 unspecified atom stereocenters. The number of nitrogens with two attached hydrogens (primary N) is 1. The number of hydrogen-bond donors (Lipinski definition) is 1. The van der Waals surface area contributed by atoms with Crippen LogP contribution in [0.2, 0.25) is 5.02 Å². The highest BCUT2D eigenvalue weighted by molar-refractivity contribution is 9.10. The van der Waals surface area contributed by atoms with Crippen molar-refractivity contribution in [3.8, 4) is 0 Å². The maximum absolute atomic E-state index is 13.0. The summed E-state index contributed by atoms with van der Waals surface area (Å²) in [7, 11) is 0. The number of hydrogen-bond acceptors (Lipinski definition) is 1. The second-order valence-electron chi connectivity index (χ2n) is 2.94. The van der Waals surface area contributed by atoms with Crippen LogP contribution in [0.25, 0.3) is 0 Å². The third-order valence-electron chi connectivity index (χ3n) is 1.80. The molecule has 0 spiro atoms. The van der Waals surface area contributed by atoms with Gasteiger partial charge in [0.2, 0.25) is 0 Å². The van der Waals surface area contributed by atoms with Crippen molar-refractivity contribution in [3.05, 3.63) is 33.3 Å². The average Bonchev–Trinajstić information content (AvgIpc) is 2.12. The summed E-state index contributed by atoms with van der Waals surface area (Å²) in [6.07, 6.45) is -0.441. The van der Waals surface area contributed by atoms with E-state index in [0.717, 1.165) is 0 Å². The van der Waals surface area contributed by atoms with Crippen molar-refractivity contribution in [1.29, 1.82) is 0 Å². The van der Waals surface area contributed by atoms with E-state index in [1.807, 2.05) is 0 Å². The summed E-state index contributed by atoms with van der Waals surface area (Å²) in [5.74, 6) is -2.91. The van der Waals surface area contributed by atoms with Gasteiger partial charge >= 0.3 is 0 Å². The molecule has 0 saturated carbocycles. The van der Waals surface area contributed by atoms with Gasteiger partial charge in [-0.2, -0.15) is 0 Å². The van der Waals surface area contributed by atoms with Crippen molar-refractivity contribution < 1.29 is 8.78 Å². The van der Waals surface area contributed by atoms with E-state index >= 15 is 0 Å². The third kappa shape index (κ3) is 2.90. The van der Waals surface area contributed by atoms with E-state index in [9.17, 15) is 8.78 Å². The van der Waals surface area contributed by atoms with E-state index in [0.29, 0.717) is 15.1 Å². The molecule has 1 aromatic rings. The van der Waals surface area contributed by atoms with Crippen LogP contribution in [0.3, 0.4) is 0 Å². The highest BCUT2D eigenvalue weighted by Gasteiger charge is 2.28. The van der Waals surface area contributed by atoms with Crippen LogP contribution in [0.1, 0.15) is 5.56 Å². The van der Waals surface area contributed by atoms with E-state index in [4.69, 9.17) is 17.3 Å². The molecule has 1 rings (SSSR count). The Kier molecular flexibility index (Phi) is 3.86. The zero-order valence-electron chi connectivity index (χ0n) is 7.24. The van der Waals surface area contributed by atoms with Crippen LogP contribution in [-0.4, -0.2) is 12.5 Å². The molecule has 1 aromatic carbocycles. The smallest absolute Gasteiger partial charge is 0.264 e. The molecule has 0 heterocycles. The van der Waals surface area contributed by atoms with E-state index in [1.54, 1.807) is 18.2 Å². The van der Waals surface area contributed by atoms with Crippen LogP contribution in [0.5, 0.6) is 0 Å². The number of alkyl halides is 2. The van der Waals surface area contributed by atoms with Gasteiger partial charge in [-0.05, 0) is 17.7 Å². The summed E-state index contributed by atoms with van der Waals surface area (Å²) in [5.41, 5.74) is 5.34. The van der Waals surface area contributed by atoms with Crippen LogP contribution in [0, 0.1) is 0 Å². The zero-order chi connectivity index (χ0) is 10.8. The Morgan fingerprint density at radius 1 is 1.43 bits per heavy atom. The first-order chi connectivity index (χ1) is 6.46. The SMILES string of the molecule is NCC(F)(F)Cc1c(Cl)cccc1Br. The Morgan fingerprint density at radius 3 is 2.57 bits per heavy atom. The predicted octanol–water partition coefficient (Wildman–Crippen LogP) is 3.24. The van der Waals surface area contributed by atoms with Gasteiger partial charge in [-0.1, -0.05) is 33.6 Å². The van der Waals surface area contributed by atoms with Crippen LogP contribution in [0.4, 0.5) is 8.78 Å². The number of benzene rings is 1. The summed E-state index contributed by atoms with van der Waals surface area (Å²) in [5, 5.41) is 0.326. The van der Waals surface area contributed by atoms with Crippen molar-refractivity contribution in [2.24, 2.45) is 5.73 Å². The summed E-state index contributed by atoms with van der Waals surface area (Å²) in [6, 6.07) is 4.94. The normalized spacial score (nSPS) is 11.8. The summed E-state index contributed by atoms with van der Waals surface area (Å²) in [4.78, 5) is 0. The van der Waals surface area contributed by atoms with Crippen molar-refractivity contribution in [3.63, 3.8) is 0 Å². The van der Waals surface area contributed by atoms with Gasteiger partial charge in [0.05, 0.1) is 6.54 Å². The lowest BCUT2D eigenvalue weighted by atomic mass is 10.1. The van der Waals surface area contributed by atoms with Crippen molar-refractivity contribution in [2.45, 2.75) is 12.3 Å².